The number of ether oxygens (including phenoxy) is 4. The molecule has 0 bridgehead atoms. The summed E-state index contributed by atoms with van der Waals surface area (Å²) in [5.41, 5.74) is 0.219. The van der Waals surface area contributed by atoms with Crippen molar-refractivity contribution < 1.29 is 33.3 Å². The smallest absolute Gasteiger partial charge is 0.261 e. The van der Waals surface area contributed by atoms with Gasteiger partial charge < -0.3 is 29.6 Å². The van der Waals surface area contributed by atoms with Crippen LogP contribution in [0, 0.1) is 0 Å². The number of rotatable bonds is 12. The van der Waals surface area contributed by atoms with Crippen LogP contribution in [0.15, 0.2) is 53.9 Å². The largest absolute Gasteiger partial charge is 0.494 e. The second-order valence-electron chi connectivity index (χ2n) is 9.95. The number of hydrogen-bond donors (Lipinski definition) is 2. The molecule has 0 radical (unpaired) electrons. The number of nitrogens with one attached hydrogen (secondary N) is 2. The number of carbonyl (C=O) groups is 3. The minimum Gasteiger partial charge on any atom is -0.494 e. The van der Waals surface area contributed by atoms with Crippen molar-refractivity contribution in [2.24, 2.45) is 0 Å². The summed E-state index contributed by atoms with van der Waals surface area (Å²) < 4.78 is 22.1. The molecule has 0 aliphatic carbocycles. The van der Waals surface area contributed by atoms with E-state index in [-0.39, 0.29) is 12.5 Å². The Kier molecular flexibility index (Phi) is 10.6. The first-order valence-electron chi connectivity index (χ1n) is 13.0. The highest BCUT2D eigenvalue weighted by molar-refractivity contribution is 7.12. The molecule has 2 aromatic carbocycles. The lowest BCUT2D eigenvalue weighted by Crippen LogP contribution is -2.51. The van der Waals surface area contributed by atoms with E-state index in [9.17, 15) is 14.4 Å². The summed E-state index contributed by atoms with van der Waals surface area (Å²) in [6.07, 6.45) is 0. The molecule has 0 saturated heterocycles. The van der Waals surface area contributed by atoms with Gasteiger partial charge in [0.1, 0.15) is 11.8 Å². The lowest BCUT2D eigenvalue weighted by Gasteiger charge is -2.34. The summed E-state index contributed by atoms with van der Waals surface area (Å²) in [7, 11) is 4.43. The molecule has 0 aliphatic heterocycles. The number of anilines is 1. The second-order valence-corrected chi connectivity index (χ2v) is 10.9. The highest BCUT2D eigenvalue weighted by atomic mass is 32.1. The van der Waals surface area contributed by atoms with Crippen LogP contribution < -0.4 is 34.5 Å². The van der Waals surface area contributed by atoms with E-state index in [2.05, 4.69) is 10.6 Å². The van der Waals surface area contributed by atoms with Gasteiger partial charge >= 0.3 is 0 Å². The first-order valence-corrected chi connectivity index (χ1v) is 13.9. The summed E-state index contributed by atoms with van der Waals surface area (Å²) in [6, 6.07) is 12.3. The third-order valence-corrected chi connectivity index (χ3v) is 6.72. The Hall–Kier alpha value is -4.25. The van der Waals surface area contributed by atoms with Gasteiger partial charge in [0.25, 0.3) is 5.91 Å². The molecule has 0 spiro atoms. The van der Waals surface area contributed by atoms with Crippen LogP contribution in [0.3, 0.4) is 0 Å². The fraction of sp³-hybridized carbons (Fsp3) is 0.367. The van der Waals surface area contributed by atoms with Crippen molar-refractivity contribution in [3.63, 3.8) is 0 Å². The van der Waals surface area contributed by atoms with Crippen LogP contribution in [0.25, 0.3) is 0 Å². The average Bonchev–Trinajstić information content (AvgIpc) is 3.48. The molecule has 1 aromatic heterocycles. The summed E-state index contributed by atoms with van der Waals surface area (Å²) in [6.45, 7) is 7.54. The number of hydrogen-bond acceptors (Lipinski definition) is 8. The molecule has 41 heavy (non-hydrogen) atoms. The average molecular weight is 584 g/mol. The minimum absolute atomic E-state index is 0.320. The van der Waals surface area contributed by atoms with Gasteiger partial charge in [-0.05, 0) is 81.1 Å². The van der Waals surface area contributed by atoms with E-state index in [1.807, 2.05) is 27.7 Å². The Bertz CT molecular complexity index is 1310. The maximum atomic E-state index is 14.0. The van der Waals surface area contributed by atoms with Crippen LogP contribution >= 0.6 is 11.3 Å². The predicted molar refractivity (Wildman–Crippen MR) is 158 cm³/mol. The van der Waals surface area contributed by atoms with Gasteiger partial charge in [-0.2, -0.15) is 0 Å². The van der Waals surface area contributed by atoms with E-state index in [0.717, 1.165) is 0 Å². The third kappa shape index (κ3) is 7.91. The highest BCUT2D eigenvalue weighted by Crippen LogP contribution is 2.42. The molecule has 1 atom stereocenters. The van der Waals surface area contributed by atoms with Gasteiger partial charge in [0.15, 0.2) is 11.5 Å². The van der Waals surface area contributed by atoms with Crippen molar-refractivity contribution in [2.75, 3.05) is 39.4 Å². The lowest BCUT2D eigenvalue weighted by molar-refractivity contribution is -0.127. The van der Waals surface area contributed by atoms with E-state index in [4.69, 9.17) is 18.9 Å². The molecule has 3 aromatic rings. The van der Waals surface area contributed by atoms with Crippen LogP contribution in [0.1, 0.15) is 49.0 Å². The van der Waals surface area contributed by atoms with Gasteiger partial charge in [-0.1, -0.05) is 6.07 Å². The fourth-order valence-electron chi connectivity index (χ4n) is 4.16. The third-order valence-electron chi connectivity index (χ3n) is 5.85. The molecule has 0 saturated carbocycles. The Morgan fingerprint density at radius 1 is 0.951 bits per heavy atom. The molecule has 11 heteroatoms. The van der Waals surface area contributed by atoms with Gasteiger partial charge in [-0.3, -0.25) is 19.3 Å². The zero-order chi connectivity index (χ0) is 30.2. The Labute approximate surface area is 244 Å². The second kappa shape index (κ2) is 13.9. The standard InChI is InChI=1S/C30H37N3O7S/c1-8-40-21-13-11-20(12-14-21)33(25(34)18-31-28(35)24-10-9-15-41-24)26(29(36)32-30(2,3)4)19-16-22(37-5)27(39-7)23(17-19)38-6/h9-17,26H,8,18H2,1-7H3,(H,31,35)(H,32,36)/t26-/m1/s1. The minimum atomic E-state index is -1.17. The number of carbonyl (C=O) groups excluding carboxylic acids is 3. The van der Waals surface area contributed by atoms with Crippen LogP contribution in [-0.4, -0.2) is 57.7 Å². The maximum Gasteiger partial charge on any atom is 0.261 e. The SMILES string of the molecule is CCOc1ccc(N(C(=O)CNC(=O)c2cccs2)[C@@H](C(=O)NC(C)(C)C)c2cc(OC)c(OC)c(OC)c2)cc1. The fourth-order valence-corrected chi connectivity index (χ4v) is 4.80. The predicted octanol–water partition coefficient (Wildman–Crippen LogP) is 4.59. The van der Waals surface area contributed by atoms with E-state index in [1.54, 1.807) is 53.9 Å². The monoisotopic (exact) mass is 583 g/mol. The summed E-state index contributed by atoms with van der Waals surface area (Å²) in [5, 5.41) is 7.45. The molecular formula is C30H37N3O7S. The quantitative estimate of drug-likeness (QED) is 0.320. The van der Waals surface area contributed by atoms with Crippen molar-refractivity contribution >= 4 is 34.7 Å². The summed E-state index contributed by atoms with van der Waals surface area (Å²) in [5.74, 6) is 0.249. The van der Waals surface area contributed by atoms with Crippen molar-refractivity contribution in [1.82, 2.24) is 10.6 Å². The highest BCUT2D eigenvalue weighted by Gasteiger charge is 2.36. The molecule has 2 N–H and O–H groups in total. The zero-order valence-corrected chi connectivity index (χ0v) is 25.2. The van der Waals surface area contributed by atoms with Crippen LogP contribution in [0.5, 0.6) is 23.0 Å². The van der Waals surface area contributed by atoms with E-state index >= 15 is 0 Å². The molecule has 0 fully saturated rings. The molecule has 3 rings (SSSR count). The van der Waals surface area contributed by atoms with Gasteiger partial charge in [-0.25, -0.2) is 0 Å². The maximum absolute atomic E-state index is 14.0. The number of benzene rings is 2. The molecule has 0 unspecified atom stereocenters. The lowest BCUT2D eigenvalue weighted by atomic mass is 9.99. The topological polar surface area (TPSA) is 115 Å². The Morgan fingerprint density at radius 3 is 2.07 bits per heavy atom. The first-order chi connectivity index (χ1) is 19.5. The van der Waals surface area contributed by atoms with Crippen molar-refractivity contribution in [2.45, 2.75) is 39.3 Å². The molecule has 1 heterocycles. The zero-order valence-electron chi connectivity index (χ0n) is 24.4. The summed E-state index contributed by atoms with van der Waals surface area (Å²) >= 11 is 1.27. The molecule has 3 amide bonds. The van der Waals surface area contributed by atoms with Gasteiger partial charge in [0, 0.05) is 11.2 Å². The van der Waals surface area contributed by atoms with Crippen LogP contribution in [-0.2, 0) is 9.59 Å². The van der Waals surface area contributed by atoms with Gasteiger partial charge in [0.05, 0.1) is 39.4 Å². The number of thiophene rings is 1. The summed E-state index contributed by atoms with van der Waals surface area (Å²) in [4.78, 5) is 42.5. The van der Waals surface area contributed by atoms with Crippen LogP contribution in [0.4, 0.5) is 5.69 Å². The molecule has 10 nitrogen and oxygen atoms in total. The van der Waals surface area contributed by atoms with Crippen LogP contribution in [0.2, 0.25) is 0 Å². The Balaban J connectivity index is 2.16. The van der Waals surface area contributed by atoms with Gasteiger partial charge in [-0.15, -0.1) is 11.3 Å². The van der Waals surface area contributed by atoms with Gasteiger partial charge in [0.2, 0.25) is 17.6 Å². The number of amides is 3. The number of methoxy groups -OCH3 is 3. The Morgan fingerprint density at radius 2 is 1.59 bits per heavy atom. The van der Waals surface area contributed by atoms with Crippen molar-refractivity contribution in [3.8, 4) is 23.0 Å². The molecular weight excluding hydrogens is 546 g/mol. The van der Waals surface area contributed by atoms with Crippen molar-refractivity contribution in [1.29, 1.82) is 0 Å². The normalized spacial score (nSPS) is 11.7. The van der Waals surface area contributed by atoms with Crippen molar-refractivity contribution in [3.05, 3.63) is 64.4 Å². The molecule has 0 aliphatic rings. The number of nitrogens with zero attached hydrogens (tertiary/aromatic N) is 1. The molecule has 220 valence electrons. The first kappa shape index (κ1) is 31.3. The van der Waals surface area contributed by atoms with E-state index in [1.165, 1.54) is 37.6 Å². The van der Waals surface area contributed by atoms with E-state index in [0.29, 0.717) is 45.7 Å². The van der Waals surface area contributed by atoms with E-state index < -0.39 is 23.4 Å².